The van der Waals surface area contributed by atoms with Crippen LogP contribution < -0.4 is 5.32 Å². The van der Waals surface area contributed by atoms with Crippen molar-refractivity contribution in [1.29, 1.82) is 0 Å². The number of hydrogen-bond donors (Lipinski definition) is 1. The molecule has 110 valence electrons. The molecule has 2 aromatic rings. The topological polar surface area (TPSA) is 12.0 Å². The quantitative estimate of drug-likeness (QED) is 0.813. The predicted octanol–water partition coefficient (Wildman–Crippen LogP) is 4.63. The lowest BCUT2D eigenvalue weighted by atomic mass is 9.71. The average Bonchev–Trinajstić information content (AvgIpc) is 2.51. The molecule has 0 heterocycles. The van der Waals surface area contributed by atoms with Crippen molar-refractivity contribution < 1.29 is 0 Å². The van der Waals surface area contributed by atoms with Gasteiger partial charge in [-0.05, 0) is 48.1 Å². The zero-order valence-electron chi connectivity index (χ0n) is 13.1. The molecule has 0 saturated heterocycles. The molecule has 1 N–H and O–H groups in total. The van der Waals surface area contributed by atoms with Crippen molar-refractivity contribution in [3.05, 3.63) is 70.8 Å². The van der Waals surface area contributed by atoms with Gasteiger partial charge in [-0.1, -0.05) is 62.4 Å². The lowest BCUT2D eigenvalue weighted by molar-refractivity contribution is 0.411. The number of hydrogen-bond acceptors (Lipinski definition) is 1. The number of fused-ring (bicyclic) bond motifs is 1. The summed E-state index contributed by atoms with van der Waals surface area (Å²) in [6.07, 6.45) is 3.49. The summed E-state index contributed by atoms with van der Waals surface area (Å²) in [5.41, 5.74) is 5.94. The summed E-state index contributed by atoms with van der Waals surface area (Å²) in [5.74, 6) is 0.625. The summed E-state index contributed by atoms with van der Waals surface area (Å²) in [6.45, 7) is 5.55. The van der Waals surface area contributed by atoms with Crippen LogP contribution in [0.25, 0.3) is 0 Å². The van der Waals surface area contributed by atoms with Crippen LogP contribution in [0, 0.1) is 0 Å². The first-order valence-corrected chi connectivity index (χ1v) is 8.23. The molecule has 0 radical (unpaired) electrons. The van der Waals surface area contributed by atoms with E-state index in [0.717, 1.165) is 13.0 Å². The molecule has 1 heteroatoms. The Hall–Kier alpha value is -1.60. The molecule has 3 rings (SSSR count). The molecule has 0 spiro atoms. The molecule has 2 aromatic carbocycles. The fourth-order valence-electron chi connectivity index (χ4n) is 3.39. The smallest absolute Gasteiger partial charge is 0.0392 e. The van der Waals surface area contributed by atoms with Crippen LogP contribution in [0.1, 0.15) is 54.5 Å². The van der Waals surface area contributed by atoms with Crippen molar-refractivity contribution in [2.45, 2.75) is 45.1 Å². The highest BCUT2D eigenvalue weighted by molar-refractivity contribution is 5.43. The van der Waals surface area contributed by atoms with E-state index in [2.05, 4.69) is 67.7 Å². The number of nitrogens with one attached hydrogen (secondary N) is 1. The van der Waals surface area contributed by atoms with Gasteiger partial charge < -0.3 is 5.32 Å². The molecule has 0 amide bonds. The summed E-state index contributed by atoms with van der Waals surface area (Å²) in [7, 11) is 0. The molecular weight excluding hydrogens is 254 g/mol. The van der Waals surface area contributed by atoms with Crippen molar-refractivity contribution in [2.24, 2.45) is 0 Å². The predicted molar refractivity (Wildman–Crippen MR) is 89.7 cm³/mol. The number of aryl methyl sites for hydroxylation is 1. The lowest BCUT2D eigenvalue weighted by Crippen LogP contribution is -2.33. The fourth-order valence-corrected chi connectivity index (χ4v) is 3.39. The van der Waals surface area contributed by atoms with Crippen LogP contribution in [0.4, 0.5) is 0 Å². The molecule has 2 atom stereocenters. The number of rotatable bonds is 6. The highest BCUT2D eigenvalue weighted by Gasteiger charge is 2.33. The van der Waals surface area contributed by atoms with Crippen LogP contribution in [0.5, 0.6) is 0 Å². The first kappa shape index (κ1) is 14.3. The normalized spacial score (nSPS) is 17.9. The maximum absolute atomic E-state index is 3.78. The van der Waals surface area contributed by atoms with Crippen molar-refractivity contribution in [3.8, 4) is 0 Å². The molecule has 0 aliphatic heterocycles. The van der Waals surface area contributed by atoms with Gasteiger partial charge in [-0.3, -0.25) is 0 Å². The van der Waals surface area contributed by atoms with E-state index >= 15 is 0 Å². The highest BCUT2D eigenvalue weighted by Crippen LogP contribution is 2.43. The monoisotopic (exact) mass is 279 g/mol. The average molecular weight is 279 g/mol. The van der Waals surface area contributed by atoms with E-state index in [0.29, 0.717) is 12.0 Å². The largest absolute Gasteiger partial charge is 0.309 e. The van der Waals surface area contributed by atoms with Gasteiger partial charge in [-0.15, -0.1) is 0 Å². The second kappa shape index (κ2) is 6.44. The SMILES string of the molecule is CCCNC(c1cccc(CC)c1)C1Cc2ccccc21. The summed E-state index contributed by atoms with van der Waals surface area (Å²) in [6, 6.07) is 18.5. The molecule has 0 aromatic heterocycles. The first-order chi connectivity index (χ1) is 10.3. The lowest BCUT2D eigenvalue weighted by Gasteiger charge is -2.37. The maximum Gasteiger partial charge on any atom is 0.0392 e. The fraction of sp³-hybridized carbons (Fsp3) is 0.400. The minimum absolute atomic E-state index is 0.450. The molecule has 21 heavy (non-hydrogen) atoms. The van der Waals surface area contributed by atoms with Gasteiger partial charge in [0.05, 0.1) is 0 Å². The zero-order chi connectivity index (χ0) is 14.7. The molecule has 1 nitrogen and oxygen atoms in total. The Kier molecular flexibility index (Phi) is 4.40. The Balaban J connectivity index is 1.88. The van der Waals surface area contributed by atoms with Gasteiger partial charge >= 0.3 is 0 Å². The van der Waals surface area contributed by atoms with Crippen LogP contribution in [0.2, 0.25) is 0 Å². The third-order valence-electron chi connectivity index (χ3n) is 4.63. The molecule has 0 saturated carbocycles. The Labute approximate surface area is 128 Å². The van der Waals surface area contributed by atoms with E-state index in [9.17, 15) is 0 Å². The van der Waals surface area contributed by atoms with Crippen LogP contribution in [-0.2, 0) is 12.8 Å². The molecule has 2 unspecified atom stereocenters. The van der Waals surface area contributed by atoms with E-state index in [4.69, 9.17) is 0 Å². The van der Waals surface area contributed by atoms with Gasteiger partial charge in [-0.25, -0.2) is 0 Å². The summed E-state index contributed by atoms with van der Waals surface area (Å²) in [5, 5.41) is 3.78. The van der Waals surface area contributed by atoms with Crippen molar-refractivity contribution >= 4 is 0 Å². The second-order valence-electron chi connectivity index (χ2n) is 6.04. The molecule has 1 aliphatic carbocycles. The number of benzene rings is 2. The van der Waals surface area contributed by atoms with E-state index in [-0.39, 0.29) is 0 Å². The van der Waals surface area contributed by atoms with Gasteiger partial charge in [-0.2, -0.15) is 0 Å². The van der Waals surface area contributed by atoms with E-state index in [1.54, 1.807) is 0 Å². The van der Waals surface area contributed by atoms with E-state index in [1.807, 2.05) is 0 Å². The van der Waals surface area contributed by atoms with Gasteiger partial charge in [0.2, 0.25) is 0 Å². The minimum atomic E-state index is 0.450. The zero-order valence-corrected chi connectivity index (χ0v) is 13.1. The summed E-state index contributed by atoms with van der Waals surface area (Å²) < 4.78 is 0. The molecular formula is C20H25N. The molecule has 0 fully saturated rings. The standard InChI is InChI=1S/C20H25N/c1-3-12-21-20(17-10-7-8-15(4-2)13-17)19-14-16-9-5-6-11-18(16)19/h5-11,13,19-21H,3-4,12,14H2,1-2H3. The van der Waals surface area contributed by atoms with E-state index in [1.165, 1.54) is 35.1 Å². The van der Waals surface area contributed by atoms with Crippen LogP contribution in [-0.4, -0.2) is 6.54 Å². The first-order valence-electron chi connectivity index (χ1n) is 8.23. The van der Waals surface area contributed by atoms with Crippen molar-refractivity contribution in [3.63, 3.8) is 0 Å². The molecule has 1 aliphatic rings. The Morgan fingerprint density at radius 2 is 1.95 bits per heavy atom. The maximum atomic E-state index is 3.78. The Bertz CT molecular complexity index is 602. The third-order valence-corrected chi connectivity index (χ3v) is 4.63. The van der Waals surface area contributed by atoms with Gasteiger partial charge in [0.15, 0.2) is 0 Å². The third kappa shape index (κ3) is 2.89. The molecule has 0 bridgehead atoms. The summed E-state index contributed by atoms with van der Waals surface area (Å²) >= 11 is 0. The van der Waals surface area contributed by atoms with Gasteiger partial charge in [0.1, 0.15) is 0 Å². The van der Waals surface area contributed by atoms with E-state index < -0.39 is 0 Å². The Morgan fingerprint density at radius 1 is 1.10 bits per heavy atom. The summed E-state index contributed by atoms with van der Waals surface area (Å²) in [4.78, 5) is 0. The second-order valence-corrected chi connectivity index (χ2v) is 6.04. The van der Waals surface area contributed by atoms with Crippen LogP contribution in [0.15, 0.2) is 48.5 Å². The minimum Gasteiger partial charge on any atom is -0.309 e. The van der Waals surface area contributed by atoms with Crippen molar-refractivity contribution in [2.75, 3.05) is 6.54 Å². The Morgan fingerprint density at radius 3 is 2.71 bits per heavy atom. The van der Waals surface area contributed by atoms with Crippen molar-refractivity contribution in [1.82, 2.24) is 5.32 Å². The van der Waals surface area contributed by atoms with Gasteiger partial charge in [0.25, 0.3) is 0 Å². The van der Waals surface area contributed by atoms with Crippen LogP contribution in [0.3, 0.4) is 0 Å². The van der Waals surface area contributed by atoms with Crippen LogP contribution >= 0.6 is 0 Å². The van der Waals surface area contributed by atoms with Gasteiger partial charge in [0, 0.05) is 12.0 Å². The highest BCUT2D eigenvalue weighted by atomic mass is 14.9.